The Bertz CT molecular complexity index is 1050. The normalized spacial score (nSPS) is 18.8. The molecule has 3 atom stereocenters. The molecular formula is C24H25N3O2. The van der Waals surface area contributed by atoms with Crippen molar-refractivity contribution in [1.82, 2.24) is 5.32 Å². The molecule has 1 aliphatic rings. The van der Waals surface area contributed by atoms with Crippen molar-refractivity contribution < 1.29 is 9.59 Å². The molecule has 148 valence electrons. The van der Waals surface area contributed by atoms with E-state index in [0.29, 0.717) is 23.7 Å². The van der Waals surface area contributed by atoms with Gasteiger partial charge < -0.3 is 16.4 Å². The van der Waals surface area contributed by atoms with Gasteiger partial charge in [-0.15, -0.1) is 0 Å². The minimum Gasteiger partial charge on any atom is -0.344 e. The number of carbonyl (C=O) groups is 2. The molecule has 5 heteroatoms. The SMILES string of the molecule is CC1CC1C(=O)Nc1ccc(C(=O)NC(CN)c2ccc3ccccc3c2)cc1. The van der Waals surface area contributed by atoms with Crippen LogP contribution in [0.2, 0.25) is 0 Å². The summed E-state index contributed by atoms with van der Waals surface area (Å²) in [6.45, 7) is 2.37. The molecule has 4 rings (SSSR count). The van der Waals surface area contributed by atoms with E-state index in [2.05, 4.69) is 29.7 Å². The van der Waals surface area contributed by atoms with Gasteiger partial charge in [-0.3, -0.25) is 9.59 Å². The van der Waals surface area contributed by atoms with Crippen LogP contribution >= 0.6 is 0 Å². The van der Waals surface area contributed by atoms with E-state index >= 15 is 0 Å². The number of nitrogens with two attached hydrogens (primary N) is 1. The quantitative estimate of drug-likeness (QED) is 0.600. The molecule has 0 saturated heterocycles. The van der Waals surface area contributed by atoms with Crippen LogP contribution in [0.4, 0.5) is 5.69 Å². The molecule has 0 spiro atoms. The van der Waals surface area contributed by atoms with Crippen molar-refractivity contribution in [2.24, 2.45) is 17.6 Å². The number of hydrogen-bond donors (Lipinski definition) is 3. The van der Waals surface area contributed by atoms with Gasteiger partial charge in [-0.2, -0.15) is 0 Å². The van der Waals surface area contributed by atoms with Gasteiger partial charge in [0.25, 0.3) is 5.91 Å². The monoisotopic (exact) mass is 387 g/mol. The minimum atomic E-state index is -0.275. The van der Waals surface area contributed by atoms with Gasteiger partial charge in [-0.25, -0.2) is 0 Å². The Morgan fingerprint density at radius 2 is 1.72 bits per heavy atom. The van der Waals surface area contributed by atoms with Crippen LogP contribution in [0.5, 0.6) is 0 Å². The number of nitrogens with one attached hydrogen (secondary N) is 2. The maximum Gasteiger partial charge on any atom is 0.251 e. The molecule has 1 fully saturated rings. The van der Waals surface area contributed by atoms with Crippen molar-refractivity contribution in [1.29, 1.82) is 0 Å². The fourth-order valence-electron chi connectivity index (χ4n) is 3.57. The molecule has 4 N–H and O–H groups in total. The summed E-state index contributed by atoms with van der Waals surface area (Å²) < 4.78 is 0. The van der Waals surface area contributed by atoms with Crippen LogP contribution in [0.15, 0.2) is 66.7 Å². The van der Waals surface area contributed by atoms with Crippen molar-refractivity contribution in [2.45, 2.75) is 19.4 Å². The van der Waals surface area contributed by atoms with Gasteiger partial charge in [-0.05, 0) is 59.0 Å². The van der Waals surface area contributed by atoms with Crippen molar-refractivity contribution in [2.75, 3.05) is 11.9 Å². The van der Waals surface area contributed by atoms with E-state index in [-0.39, 0.29) is 23.8 Å². The first kappa shape index (κ1) is 19.2. The first-order valence-electron chi connectivity index (χ1n) is 9.95. The first-order chi connectivity index (χ1) is 14.0. The summed E-state index contributed by atoms with van der Waals surface area (Å²) in [5, 5.41) is 8.17. The zero-order valence-electron chi connectivity index (χ0n) is 16.4. The standard InChI is InChI=1S/C24H25N3O2/c1-15-12-21(15)24(29)26-20-10-8-17(9-11-20)23(28)27-22(14-25)19-7-6-16-4-2-3-5-18(16)13-19/h2-11,13,15,21-22H,12,14,25H2,1H3,(H,26,29)(H,27,28). The predicted molar refractivity (Wildman–Crippen MR) is 116 cm³/mol. The van der Waals surface area contributed by atoms with Crippen molar-refractivity contribution >= 4 is 28.3 Å². The third-order valence-corrected chi connectivity index (χ3v) is 5.58. The number of amides is 2. The molecule has 3 unspecified atom stereocenters. The summed E-state index contributed by atoms with van der Waals surface area (Å²) in [7, 11) is 0. The summed E-state index contributed by atoms with van der Waals surface area (Å²) in [5.74, 6) is 0.435. The molecule has 1 aliphatic carbocycles. The molecule has 3 aromatic rings. The number of hydrogen-bond acceptors (Lipinski definition) is 3. The van der Waals surface area contributed by atoms with Crippen LogP contribution in [0.1, 0.15) is 35.3 Å². The lowest BCUT2D eigenvalue weighted by molar-refractivity contribution is -0.117. The average molecular weight is 387 g/mol. The number of rotatable bonds is 6. The zero-order chi connectivity index (χ0) is 20.4. The molecular weight excluding hydrogens is 362 g/mol. The third-order valence-electron chi connectivity index (χ3n) is 5.58. The lowest BCUT2D eigenvalue weighted by atomic mass is 10.0. The summed E-state index contributed by atoms with van der Waals surface area (Å²) in [6, 6.07) is 20.9. The van der Waals surface area contributed by atoms with Crippen LogP contribution < -0.4 is 16.4 Å². The van der Waals surface area contributed by atoms with Gasteiger partial charge in [0, 0.05) is 23.7 Å². The van der Waals surface area contributed by atoms with Crippen LogP contribution in [0, 0.1) is 11.8 Å². The Labute approximate surface area is 170 Å². The van der Waals surface area contributed by atoms with Crippen molar-refractivity contribution in [3.63, 3.8) is 0 Å². The van der Waals surface area contributed by atoms with Gasteiger partial charge in [0.1, 0.15) is 0 Å². The molecule has 2 amide bonds. The fourth-order valence-corrected chi connectivity index (χ4v) is 3.57. The molecule has 0 aliphatic heterocycles. The van der Waals surface area contributed by atoms with Gasteiger partial charge in [0.05, 0.1) is 6.04 Å². The number of anilines is 1. The lowest BCUT2D eigenvalue weighted by Gasteiger charge is -2.18. The molecule has 0 radical (unpaired) electrons. The predicted octanol–water partition coefficient (Wildman–Crippen LogP) is 3.86. The maximum absolute atomic E-state index is 12.7. The van der Waals surface area contributed by atoms with E-state index < -0.39 is 0 Å². The molecule has 1 saturated carbocycles. The Hall–Kier alpha value is -3.18. The summed E-state index contributed by atoms with van der Waals surface area (Å²) in [4.78, 5) is 24.7. The van der Waals surface area contributed by atoms with Crippen LogP contribution in [0.3, 0.4) is 0 Å². The molecule has 0 bridgehead atoms. The largest absolute Gasteiger partial charge is 0.344 e. The van der Waals surface area contributed by atoms with E-state index in [4.69, 9.17) is 5.73 Å². The van der Waals surface area contributed by atoms with E-state index in [9.17, 15) is 9.59 Å². The van der Waals surface area contributed by atoms with Crippen LogP contribution in [-0.2, 0) is 4.79 Å². The molecule has 0 heterocycles. The zero-order valence-corrected chi connectivity index (χ0v) is 16.4. The van der Waals surface area contributed by atoms with Gasteiger partial charge >= 0.3 is 0 Å². The fraction of sp³-hybridized carbons (Fsp3) is 0.250. The summed E-state index contributed by atoms with van der Waals surface area (Å²) >= 11 is 0. The highest BCUT2D eigenvalue weighted by molar-refractivity contribution is 5.97. The smallest absolute Gasteiger partial charge is 0.251 e. The van der Waals surface area contributed by atoms with Crippen LogP contribution in [0.25, 0.3) is 10.8 Å². The average Bonchev–Trinajstić information content (AvgIpc) is 3.49. The van der Waals surface area contributed by atoms with Gasteiger partial charge in [0.2, 0.25) is 5.91 Å². The maximum atomic E-state index is 12.7. The summed E-state index contributed by atoms with van der Waals surface area (Å²) in [6.07, 6.45) is 0.946. The number of fused-ring (bicyclic) bond motifs is 1. The second kappa shape index (κ2) is 8.05. The van der Waals surface area contributed by atoms with E-state index in [0.717, 1.165) is 22.8 Å². The second-order valence-electron chi connectivity index (χ2n) is 7.75. The molecule has 3 aromatic carbocycles. The molecule has 5 nitrogen and oxygen atoms in total. The highest BCUT2D eigenvalue weighted by Gasteiger charge is 2.39. The second-order valence-corrected chi connectivity index (χ2v) is 7.75. The van der Waals surface area contributed by atoms with E-state index in [1.807, 2.05) is 30.3 Å². The first-order valence-corrected chi connectivity index (χ1v) is 9.95. The van der Waals surface area contributed by atoms with Crippen molar-refractivity contribution in [3.8, 4) is 0 Å². The number of carbonyl (C=O) groups excluding carboxylic acids is 2. The van der Waals surface area contributed by atoms with Crippen molar-refractivity contribution in [3.05, 3.63) is 77.9 Å². The van der Waals surface area contributed by atoms with Gasteiger partial charge in [0.15, 0.2) is 0 Å². The number of benzene rings is 3. The molecule has 29 heavy (non-hydrogen) atoms. The highest BCUT2D eigenvalue weighted by Crippen LogP contribution is 2.38. The Kier molecular flexibility index (Phi) is 5.32. The Morgan fingerprint density at radius 1 is 1.03 bits per heavy atom. The third kappa shape index (κ3) is 4.30. The Morgan fingerprint density at radius 3 is 2.38 bits per heavy atom. The lowest BCUT2D eigenvalue weighted by Crippen LogP contribution is -2.33. The topological polar surface area (TPSA) is 84.2 Å². The van der Waals surface area contributed by atoms with E-state index in [1.165, 1.54) is 0 Å². The summed E-state index contributed by atoms with van der Waals surface area (Å²) in [5.41, 5.74) is 8.15. The minimum absolute atomic E-state index is 0.0502. The highest BCUT2D eigenvalue weighted by atomic mass is 16.2. The van der Waals surface area contributed by atoms with E-state index in [1.54, 1.807) is 24.3 Å². The Balaban J connectivity index is 1.43. The molecule has 0 aromatic heterocycles. The van der Waals surface area contributed by atoms with Crippen LogP contribution in [-0.4, -0.2) is 18.4 Å². The van der Waals surface area contributed by atoms with Gasteiger partial charge in [-0.1, -0.05) is 43.3 Å².